The van der Waals surface area contributed by atoms with Crippen molar-refractivity contribution in [3.63, 3.8) is 0 Å². The first kappa shape index (κ1) is 34.3. The topological polar surface area (TPSA) is 121 Å². The Kier molecular flexibility index (Phi) is 29.4. The van der Waals surface area contributed by atoms with E-state index in [0.717, 1.165) is 29.4 Å². The van der Waals surface area contributed by atoms with Gasteiger partial charge in [0.15, 0.2) is 0 Å². The molecular formula is C20H34O6S6. The molecule has 0 bridgehead atoms. The monoisotopic (exact) mass is 562 g/mol. The Morgan fingerprint density at radius 2 is 1.41 bits per heavy atom. The standard InChI is InChI=1S/C11H18O5S3.C9H16OS3/c12-10(13)4-1-6-17-18-7-3-9-19(16)8-2-5-11(14)15;1-3-6-11-12-7-5-9-13(10)8-4-2/h3,7H,1-2,4-6,8-9H2,(H,12,13)(H,14,15);3-4H,1-2,5-9H2/b7-3+;. The molecule has 0 heterocycles. The van der Waals surface area contributed by atoms with Crippen LogP contribution < -0.4 is 0 Å². The molecule has 186 valence electrons. The Balaban J connectivity index is 0. The van der Waals surface area contributed by atoms with Crippen molar-refractivity contribution in [2.75, 3.05) is 40.3 Å². The van der Waals surface area contributed by atoms with Crippen LogP contribution in [-0.2, 0) is 31.9 Å². The van der Waals surface area contributed by atoms with Crippen molar-refractivity contribution in [3.8, 4) is 0 Å². The molecule has 6 nitrogen and oxygen atoms in total. The number of carboxylic acid groups (broad SMARTS) is 2. The maximum Gasteiger partial charge on any atom is 0.303 e. The van der Waals surface area contributed by atoms with Crippen LogP contribution in [0.1, 0.15) is 32.1 Å². The molecule has 0 aromatic carbocycles. The van der Waals surface area contributed by atoms with Gasteiger partial charge in [0.05, 0.1) is 0 Å². The molecule has 32 heavy (non-hydrogen) atoms. The lowest BCUT2D eigenvalue weighted by atomic mass is 10.3. The molecule has 0 aromatic rings. The summed E-state index contributed by atoms with van der Waals surface area (Å²) in [6, 6.07) is 0. The van der Waals surface area contributed by atoms with Crippen molar-refractivity contribution in [1.82, 2.24) is 0 Å². The summed E-state index contributed by atoms with van der Waals surface area (Å²) in [5, 5.41) is 18.7. The molecule has 0 fully saturated rings. The summed E-state index contributed by atoms with van der Waals surface area (Å²) in [5.41, 5.74) is 0. The summed E-state index contributed by atoms with van der Waals surface area (Å²) in [4.78, 5) is 20.5. The van der Waals surface area contributed by atoms with E-state index in [1.165, 1.54) is 10.8 Å². The predicted molar refractivity (Wildman–Crippen MR) is 149 cm³/mol. The Labute approximate surface area is 214 Å². The lowest BCUT2D eigenvalue weighted by Gasteiger charge is -2.07. The molecular weight excluding hydrogens is 529 g/mol. The van der Waals surface area contributed by atoms with Gasteiger partial charge in [-0.25, -0.2) is 0 Å². The Morgan fingerprint density at radius 3 is 2.03 bits per heavy atom. The highest BCUT2D eigenvalue weighted by atomic mass is 33.1. The van der Waals surface area contributed by atoms with Gasteiger partial charge in [-0.15, -0.1) is 6.58 Å². The van der Waals surface area contributed by atoms with E-state index in [9.17, 15) is 18.7 Å². The van der Waals surface area contributed by atoms with Crippen molar-refractivity contribution >= 4 is 77.5 Å². The first-order chi connectivity index (χ1) is 15.3. The Morgan fingerprint density at radius 1 is 0.812 bits per heavy atom. The summed E-state index contributed by atoms with van der Waals surface area (Å²) in [5.74, 6) is 3.46. The lowest BCUT2D eigenvalue weighted by Crippen LogP contribution is -2.10. The summed E-state index contributed by atoms with van der Waals surface area (Å²) in [6.07, 6.45) is 7.76. The van der Waals surface area contributed by atoms with Crippen LogP contribution in [0.25, 0.3) is 0 Å². The van der Waals surface area contributed by atoms with Gasteiger partial charge in [0, 0.05) is 42.9 Å². The van der Waals surface area contributed by atoms with Crippen LogP contribution in [0.4, 0.5) is 0 Å². The third kappa shape index (κ3) is 32.4. The molecule has 12 heteroatoms. The van der Waals surface area contributed by atoms with Gasteiger partial charge in [-0.05, 0) is 46.3 Å². The summed E-state index contributed by atoms with van der Waals surface area (Å²) in [6.45, 7) is 7.19. The van der Waals surface area contributed by atoms with Crippen LogP contribution in [0.3, 0.4) is 0 Å². The van der Waals surface area contributed by atoms with Gasteiger partial charge in [0.2, 0.25) is 0 Å². The number of rotatable bonds is 21. The van der Waals surface area contributed by atoms with Gasteiger partial charge in [-0.3, -0.25) is 9.59 Å². The highest BCUT2D eigenvalue weighted by molar-refractivity contribution is 8.77. The van der Waals surface area contributed by atoms with E-state index in [1.807, 2.05) is 22.3 Å². The van der Waals surface area contributed by atoms with Gasteiger partial charge in [-0.1, -0.05) is 55.8 Å². The summed E-state index contributed by atoms with van der Waals surface area (Å²) >= 11 is -1.69. The summed E-state index contributed by atoms with van der Waals surface area (Å²) < 4.78 is 22.6. The van der Waals surface area contributed by atoms with Gasteiger partial charge in [-0.2, -0.15) is 0 Å². The first-order valence-corrected chi connectivity index (χ1v) is 17.7. The van der Waals surface area contributed by atoms with Gasteiger partial charge in [0.1, 0.15) is 23.0 Å². The SMILES string of the molecule is C=CCSSCCC[S+]([O-])CC=C.O=C(O)CCCSS/C=C/C[S+]([O-])CCCC(=O)O. The molecule has 0 aliphatic heterocycles. The molecule has 2 atom stereocenters. The third-order valence-electron chi connectivity index (χ3n) is 3.06. The van der Waals surface area contributed by atoms with E-state index in [4.69, 9.17) is 10.2 Å². The van der Waals surface area contributed by atoms with E-state index < -0.39 is 34.3 Å². The fourth-order valence-electron chi connectivity index (χ4n) is 1.67. The Bertz CT molecular complexity index is 521. The minimum absolute atomic E-state index is 0.0592. The van der Waals surface area contributed by atoms with Crippen LogP contribution >= 0.6 is 43.2 Å². The third-order valence-corrected chi connectivity index (χ3v) is 10.3. The molecule has 0 radical (unpaired) electrons. The second kappa shape index (κ2) is 27.4. The minimum atomic E-state index is -1.00. The molecule has 0 saturated heterocycles. The normalized spacial score (nSPS) is 12.6. The maximum atomic E-state index is 11.4. The van der Waals surface area contributed by atoms with Crippen molar-refractivity contribution < 1.29 is 28.9 Å². The van der Waals surface area contributed by atoms with Gasteiger partial charge >= 0.3 is 11.9 Å². The summed E-state index contributed by atoms with van der Waals surface area (Å²) in [7, 11) is 6.67. The van der Waals surface area contributed by atoms with E-state index in [0.29, 0.717) is 30.1 Å². The molecule has 0 aromatic heterocycles. The first-order valence-electron chi connectivity index (χ1n) is 9.86. The minimum Gasteiger partial charge on any atom is -0.616 e. The number of carboxylic acids is 2. The maximum absolute atomic E-state index is 11.4. The van der Waals surface area contributed by atoms with E-state index >= 15 is 0 Å². The van der Waals surface area contributed by atoms with Crippen LogP contribution in [0, 0.1) is 0 Å². The van der Waals surface area contributed by atoms with Crippen molar-refractivity contribution in [2.24, 2.45) is 0 Å². The highest BCUT2D eigenvalue weighted by Gasteiger charge is 2.05. The largest absolute Gasteiger partial charge is 0.616 e. The zero-order valence-electron chi connectivity index (χ0n) is 18.2. The number of carbonyl (C=O) groups is 2. The Hall–Kier alpha value is 0.180. The molecule has 0 amide bonds. The predicted octanol–water partition coefficient (Wildman–Crippen LogP) is 5.24. The second-order valence-electron chi connectivity index (χ2n) is 5.94. The smallest absolute Gasteiger partial charge is 0.303 e. The van der Waals surface area contributed by atoms with Crippen molar-refractivity contribution in [2.45, 2.75) is 32.1 Å². The van der Waals surface area contributed by atoms with Crippen LogP contribution in [-0.4, -0.2) is 71.5 Å². The van der Waals surface area contributed by atoms with Crippen LogP contribution in [0.5, 0.6) is 0 Å². The molecule has 2 unspecified atom stereocenters. The molecule has 2 N–H and O–H groups in total. The average Bonchev–Trinajstić information content (AvgIpc) is 2.72. The van der Waals surface area contributed by atoms with E-state index in [1.54, 1.807) is 33.7 Å². The zero-order valence-corrected chi connectivity index (χ0v) is 23.1. The lowest BCUT2D eigenvalue weighted by molar-refractivity contribution is -0.138. The average molecular weight is 563 g/mol. The van der Waals surface area contributed by atoms with Gasteiger partial charge in [0.25, 0.3) is 0 Å². The fourth-order valence-corrected chi connectivity index (χ4v) is 7.40. The quantitative estimate of drug-likeness (QED) is 0.0831. The van der Waals surface area contributed by atoms with Crippen LogP contribution in [0.2, 0.25) is 0 Å². The molecule has 0 rings (SSSR count). The van der Waals surface area contributed by atoms with Crippen molar-refractivity contribution in [3.05, 3.63) is 36.8 Å². The molecule has 0 spiro atoms. The number of hydrogen-bond donors (Lipinski definition) is 2. The highest BCUT2D eigenvalue weighted by Crippen LogP contribution is 2.23. The van der Waals surface area contributed by atoms with Crippen molar-refractivity contribution in [1.29, 1.82) is 0 Å². The van der Waals surface area contributed by atoms with E-state index in [-0.39, 0.29) is 12.8 Å². The second-order valence-corrected chi connectivity index (χ2v) is 14.2. The zero-order chi connectivity index (χ0) is 24.5. The van der Waals surface area contributed by atoms with E-state index in [2.05, 4.69) is 13.2 Å². The van der Waals surface area contributed by atoms with Gasteiger partial charge < -0.3 is 19.3 Å². The molecule has 0 aliphatic carbocycles. The fraction of sp³-hybridized carbons (Fsp3) is 0.600. The molecule has 0 aliphatic rings. The van der Waals surface area contributed by atoms with Crippen LogP contribution in [0.15, 0.2) is 36.8 Å². The number of hydrogen-bond acceptors (Lipinski definition) is 8. The molecule has 0 saturated carbocycles. The number of aliphatic carboxylic acids is 2.